The summed E-state index contributed by atoms with van der Waals surface area (Å²) in [4.78, 5) is 19.0. The molecule has 5 heteroatoms. The van der Waals surface area contributed by atoms with E-state index in [4.69, 9.17) is 4.98 Å². The van der Waals surface area contributed by atoms with E-state index in [0.717, 1.165) is 60.3 Å². The van der Waals surface area contributed by atoms with E-state index in [0.29, 0.717) is 5.56 Å². The maximum absolute atomic E-state index is 11.8. The first-order chi connectivity index (χ1) is 11.9. The van der Waals surface area contributed by atoms with Crippen molar-refractivity contribution in [2.24, 2.45) is 0 Å². The molecule has 3 aromatic rings. The van der Waals surface area contributed by atoms with Gasteiger partial charge >= 0.3 is 0 Å². The van der Waals surface area contributed by atoms with Crippen LogP contribution in [0.3, 0.4) is 0 Å². The molecule has 1 aliphatic heterocycles. The fraction of sp³-hybridized carbons (Fsp3) is 0.200. The van der Waals surface area contributed by atoms with Crippen LogP contribution in [0.1, 0.15) is 10.4 Å². The first kappa shape index (κ1) is 17.4. The third kappa shape index (κ3) is 3.23. The summed E-state index contributed by atoms with van der Waals surface area (Å²) in [7, 11) is 0. The minimum Gasteiger partial charge on any atom is -0.353 e. The summed E-state index contributed by atoms with van der Waals surface area (Å²) in [5.41, 5.74) is 2.69. The number of carbonyl (C=O) groups is 1. The second-order valence-electron chi connectivity index (χ2n) is 5.96. The van der Waals surface area contributed by atoms with E-state index in [1.165, 1.54) is 0 Å². The molecule has 1 saturated heterocycles. The number of rotatable bonds is 3. The highest BCUT2D eigenvalue weighted by molar-refractivity contribution is 6.07. The number of nitrogens with zero attached hydrogens (tertiary/aromatic N) is 2. The number of carbonyl (C=O) groups excluding carboxylic acids is 1. The molecule has 1 aromatic heterocycles. The summed E-state index contributed by atoms with van der Waals surface area (Å²) < 4.78 is 0. The molecular formula is C20H20ClN3O. The maximum atomic E-state index is 11.8. The lowest BCUT2D eigenvalue weighted by molar-refractivity contribution is 0.112. The minimum absolute atomic E-state index is 0. The molecule has 0 radical (unpaired) electrons. The van der Waals surface area contributed by atoms with Crippen LogP contribution in [0.25, 0.3) is 22.0 Å². The number of aldehydes is 1. The van der Waals surface area contributed by atoms with Gasteiger partial charge in [0.25, 0.3) is 0 Å². The summed E-state index contributed by atoms with van der Waals surface area (Å²) in [5.74, 6) is 0.795. The van der Waals surface area contributed by atoms with E-state index < -0.39 is 0 Å². The van der Waals surface area contributed by atoms with E-state index in [-0.39, 0.29) is 12.4 Å². The van der Waals surface area contributed by atoms with Crippen molar-refractivity contribution in [1.29, 1.82) is 0 Å². The standard InChI is InChI=1S/C20H19N3O.ClH/c24-14-18-16-8-4-5-9-17(16)19(15-6-2-1-3-7-15)22-20(18)23-12-10-21-11-13-23;/h1-9,14,21H,10-13H2;1H. The number of halogens is 1. The van der Waals surface area contributed by atoms with Crippen molar-refractivity contribution in [2.75, 3.05) is 31.1 Å². The Bertz CT molecular complexity index is 877. The molecule has 0 atom stereocenters. The van der Waals surface area contributed by atoms with Crippen LogP contribution in [0.15, 0.2) is 54.6 Å². The molecule has 0 spiro atoms. The normalized spacial score (nSPS) is 14.2. The molecule has 25 heavy (non-hydrogen) atoms. The van der Waals surface area contributed by atoms with Crippen LogP contribution in [0.4, 0.5) is 5.82 Å². The predicted molar refractivity (Wildman–Crippen MR) is 105 cm³/mol. The highest BCUT2D eigenvalue weighted by Gasteiger charge is 2.20. The number of pyridine rings is 1. The molecule has 1 fully saturated rings. The molecule has 4 rings (SSSR count). The van der Waals surface area contributed by atoms with Crippen molar-refractivity contribution >= 4 is 35.3 Å². The quantitative estimate of drug-likeness (QED) is 0.731. The fourth-order valence-corrected chi connectivity index (χ4v) is 3.32. The molecule has 0 bridgehead atoms. The summed E-state index contributed by atoms with van der Waals surface area (Å²) in [6, 6.07) is 18.2. The Morgan fingerprint density at radius 1 is 0.920 bits per heavy atom. The molecule has 0 amide bonds. The van der Waals surface area contributed by atoms with Crippen LogP contribution in [-0.2, 0) is 0 Å². The molecular weight excluding hydrogens is 334 g/mol. The van der Waals surface area contributed by atoms with Crippen molar-refractivity contribution in [3.8, 4) is 11.3 Å². The number of nitrogens with one attached hydrogen (secondary N) is 1. The van der Waals surface area contributed by atoms with Crippen molar-refractivity contribution in [3.63, 3.8) is 0 Å². The number of hydrogen-bond donors (Lipinski definition) is 1. The molecule has 128 valence electrons. The molecule has 0 saturated carbocycles. The number of piperazine rings is 1. The second kappa shape index (κ2) is 7.64. The van der Waals surface area contributed by atoms with Gasteiger partial charge in [0.1, 0.15) is 5.82 Å². The van der Waals surface area contributed by atoms with Gasteiger partial charge in [-0.15, -0.1) is 12.4 Å². The van der Waals surface area contributed by atoms with E-state index in [1.54, 1.807) is 0 Å². The van der Waals surface area contributed by atoms with Crippen LogP contribution in [-0.4, -0.2) is 37.4 Å². The van der Waals surface area contributed by atoms with Crippen molar-refractivity contribution in [2.45, 2.75) is 0 Å². The lowest BCUT2D eigenvalue weighted by atomic mass is 10.00. The van der Waals surface area contributed by atoms with Gasteiger partial charge in [-0.1, -0.05) is 54.6 Å². The third-order valence-electron chi connectivity index (χ3n) is 4.51. The van der Waals surface area contributed by atoms with Crippen molar-refractivity contribution in [1.82, 2.24) is 10.3 Å². The predicted octanol–water partition coefficient (Wildman–Crippen LogP) is 3.55. The number of anilines is 1. The zero-order valence-electron chi connectivity index (χ0n) is 13.8. The van der Waals surface area contributed by atoms with Crippen LogP contribution in [0, 0.1) is 0 Å². The molecule has 0 unspecified atom stereocenters. The number of benzene rings is 2. The van der Waals surface area contributed by atoms with Gasteiger partial charge in [0.2, 0.25) is 0 Å². The highest BCUT2D eigenvalue weighted by Crippen LogP contribution is 2.33. The smallest absolute Gasteiger partial charge is 0.154 e. The van der Waals surface area contributed by atoms with E-state index >= 15 is 0 Å². The number of hydrogen-bond acceptors (Lipinski definition) is 4. The average molecular weight is 354 g/mol. The van der Waals surface area contributed by atoms with E-state index in [1.807, 2.05) is 42.5 Å². The van der Waals surface area contributed by atoms with Gasteiger partial charge < -0.3 is 10.2 Å². The number of aromatic nitrogens is 1. The van der Waals surface area contributed by atoms with Gasteiger partial charge in [0.05, 0.1) is 11.3 Å². The molecule has 1 N–H and O–H groups in total. The Morgan fingerprint density at radius 3 is 2.24 bits per heavy atom. The van der Waals surface area contributed by atoms with Gasteiger partial charge in [0, 0.05) is 37.1 Å². The summed E-state index contributed by atoms with van der Waals surface area (Å²) in [6.07, 6.45) is 0.946. The highest BCUT2D eigenvalue weighted by atomic mass is 35.5. The largest absolute Gasteiger partial charge is 0.353 e. The van der Waals surface area contributed by atoms with Crippen molar-refractivity contribution < 1.29 is 4.79 Å². The Labute approximate surface area is 153 Å². The van der Waals surface area contributed by atoms with Crippen LogP contribution < -0.4 is 10.2 Å². The maximum Gasteiger partial charge on any atom is 0.154 e. The summed E-state index contributed by atoms with van der Waals surface area (Å²) in [6.45, 7) is 3.54. The zero-order chi connectivity index (χ0) is 16.4. The van der Waals surface area contributed by atoms with Gasteiger partial charge in [-0.25, -0.2) is 4.98 Å². The van der Waals surface area contributed by atoms with Crippen molar-refractivity contribution in [3.05, 3.63) is 60.2 Å². The second-order valence-corrected chi connectivity index (χ2v) is 5.96. The SMILES string of the molecule is Cl.O=Cc1c(N2CCNCC2)nc(-c2ccccc2)c2ccccc12. The minimum atomic E-state index is 0. The Balaban J connectivity index is 0.00000182. The van der Waals surface area contributed by atoms with Gasteiger partial charge in [-0.2, -0.15) is 0 Å². The Kier molecular flexibility index (Phi) is 5.31. The molecule has 2 heterocycles. The van der Waals surface area contributed by atoms with Gasteiger partial charge in [-0.3, -0.25) is 4.79 Å². The summed E-state index contributed by atoms with van der Waals surface area (Å²) in [5, 5.41) is 5.33. The average Bonchev–Trinajstić information content (AvgIpc) is 2.68. The first-order valence-corrected chi connectivity index (χ1v) is 8.27. The first-order valence-electron chi connectivity index (χ1n) is 8.27. The van der Waals surface area contributed by atoms with Crippen LogP contribution in [0.2, 0.25) is 0 Å². The zero-order valence-corrected chi connectivity index (χ0v) is 14.6. The Morgan fingerprint density at radius 2 is 1.56 bits per heavy atom. The monoisotopic (exact) mass is 353 g/mol. The van der Waals surface area contributed by atoms with Crippen LogP contribution in [0.5, 0.6) is 0 Å². The van der Waals surface area contributed by atoms with Crippen LogP contribution >= 0.6 is 12.4 Å². The lowest BCUT2D eigenvalue weighted by Crippen LogP contribution is -2.44. The molecule has 4 nitrogen and oxygen atoms in total. The molecule has 1 aliphatic rings. The fourth-order valence-electron chi connectivity index (χ4n) is 3.32. The summed E-state index contributed by atoms with van der Waals surface area (Å²) >= 11 is 0. The van der Waals surface area contributed by atoms with Gasteiger partial charge in [-0.05, 0) is 5.39 Å². The number of fused-ring (bicyclic) bond motifs is 1. The van der Waals surface area contributed by atoms with Gasteiger partial charge in [0.15, 0.2) is 6.29 Å². The topological polar surface area (TPSA) is 45.2 Å². The van der Waals surface area contributed by atoms with E-state index in [2.05, 4.69) is 22.3 Å². The molecule has 0 aliphatic carbocycles. The third-order valence-corrected chi connectivity index (χ3v) is 4.51. The lowest BCUT2D eigenvalue weighted by Gasteiger charge is -2.30. The molecule has 2 aromatic carbocycles. The van der Waals surface area contributed by atoms with E-state index in [9.17, 15) is 4.79 Å². The Hall–Kier alpha value is -2.43.